The fourth-order valence-electron chi connectivity index (χ4n) is 5.23. The molecule has 1 aliphatic carbocycles. The SMILES string of the molecule is CCOC(=O)[C@@H]1C[C@]12O[C@@H](n1cnc3c(N(C(=O)OC(C)(C)C)C(=O)OC(C)(C)C)ncnc31)C1OC(C)(C)O[C@H]12. The van der Waals surface area contributed by atoms with Crippen molar-refractivity contribution in [1.29, 1.82) is 0 Å². The van der Waals surface area contributed by atoms with Crippen molar-refractivity contribution in [3.05, 3.63) is 12.7 Å². The van der Waals surface area contributed by atoms with Crippen LogP contribution in [0.25, 0.3) is 11.2 Å². The Kier molecular flexibility index (Phi) is 6.82. The number of hydrogen-bond donors (Lipinski definition) is 0. The predicted octanol–water partition coefficient (Wildman–Crippen LogP) is 3.87. The summed E-state index contributed by atoms with van der Waals surface area (Å²) >= 11 is 0. The Morgan fingerprint density at radius 3 is 2.22 bits per heavy atom. The van der Waals surface area contributed by atoms with Crippen LogP contribution in [0.1, 0.15) is 75.0 Å². The van der Waals surface area contributed by atoms with E-state index in [1.807, 2.05) is 0 Å². The van der Waals surface area contributed by atoms with E-state index in [2.05, 4.69) is 15.0 Å². The molecule has 1 saturated carbocycles. The molecule has 2 aromatic heterocycles. The quantitative estimate of drug-likeness (QED) is 0.384. The summed E-state index contributed by atoms with van der Waals surface area (Å²) in [7, 11) is 0. The average Bonchev–Trinajstić information content (AvgIpc) is 3.06. The maximum Gasteiger partial charge on any atom is 0.425 e. The summed E-state index contributed by atoms with van der Waals surface area (Å²) in [5, 5.41) is 0. The number of carbonyl (C=O) groups is 3. The zero-order chi connectivity index (χ0) is 30.1. The molecular formula is C27H37N5O9. The molecule has 0 aromatic carbocycles. The number of fused-ring (bicyclic) bond motifs is 3. The van der Waals surface area contributed by atoms with Gasteiger partial charge >= 0.3 is 18.2 Å². The van der Waals surface area contributed by atoms with E-state index < -0.39 is 59.1 Å². The molecule has 3 fully saturated rings. The standard InChI is InChI=1S/C27H37N5O9/c1-10-36-21(33)14-11-27(14)17-16(37-26(8,9)38-17)20(39-27)31-13-30-15-18(31)28-12-29-19(15)32(22(34)40-24(2,3)4)23(35)41-25(5,6)7/h12-14,16-17,20H,10-11H2,1-9H3/t14-,16?,17+,20+,27-/m0/s1. The molecule has 14 heteroatoms. The molecule has 5 atom stereocenters. The van der Waals surface area contributed by atoms with Gasteiger partial charge in [-0.1, -0.05) is 0 Å². The summed E-state index contributed by atoms with van der Waals surface area (Å²) in [4.78, 5) is 52.9. The third kappa shape index (κ3) is 5.35. The Hall–Kier alpha value is -3.36. The molecule has 1 spiro atoms. The zero-order valence-electron chi connectivity index (χ0n) is 24.8. The van der Waals surface area contributed by atoms with Crippen LogP contribution in [0.4, 0.5) is 15.4 Å². The first-order valence-corrected chi connectivity index (χ1v) is 13.6. The van der Waals surface area contributed by atoms with Crippen molar-refractivity contribution in [3.8, 4) is 0 Å². The number of aromatic nitrogens is 4. The highest BCUT2D eigenvalue weighted by Crippen LogP contribution is 2.62. The third-order valence-corrected chi connectivity index (χ3v) is 6.73. The number of carbonyl (C=O) groups excluding carboxylic acids is 3. The highest BCUT2D eigenvalue weighted by Gasteiger charge is 2.76. The predicted molar refractivity (Wildman–Crippen MR) is 142 cm³/mol. The second kappa shape index (κ2) is 9.60. The summed E-state index contributed by atoms with van der Waals surface area (Å²) in [6.45, 7) is 15.7. The number of nitrogens with zero attached hydrogens (tertiary/aromatic N) is 5. The van der Waals surface area contributed by atoms with E-state index in [0.717, 1.165) is 0 Å². The van der Waals surface area contributed by atoms with E-state index in [1.165, 1.54) is 12.7 Å². The Balaban J connectivity index is 1.54. The molecule has 2 amide bonds. The third-order valence-electron chi connectivity index (χ3n) is 6.73. The average molecular weight is 576 g/mol. The van der Waals surface area contributed by atoms with Crippen LogP contribution in [0.2, 0.25) is 0 Å². The fourth-order valence-corrected chi connectivity index (χ4v) is 5.23. The van der Waals surface area contributed by atoms with Gasteiger partial charge in [-0.05, 0) is 68.7 Å². The second-order valence-electron chi connectivity index (χ2n) is 12.8. The molecule has 41 heavy (non-hydrogen) atoms. The topological polar surface area (TPSA) is 153 Å². The van der Waals surface area contributed by atoms with Gasteiger partial charge in [0.25, 0.3) is 0 Å². The van der Waals surface area contributed by atoms with Crippen LogP contribution in [-0.4, -0.2) is 79.1 Å². The number of anilines is 1. The van der Waals surface area contributed by atoms with Crippen molar-refractivity contribution in [2.24, 2.45) is 5.92 Å². The van der Waals surface area contributed by atoms with Crippen molar-refractivity contribution >= 4 is 35.1 Å². The van der Waals surface area contributed by atoms with Crippen molar-refractivity contribution in [2.75, 3.05) is 11.5 Å². The molecule has 14 nitrogen and oxygen atoms in total. The lowest BCUT2D eigenvalue weighted by Gasteiger charge is -2.28. The normalized spacial score (nSPS) is 28.4. The summed E-state index contributed by atoms with van der Waals surface area (Å²) in [6.07, 6.45) is -0.824. The molecule has 224 valence electrons. The molecular weight excluding hydrogens is 538 g/mol. The van der Waals surface area contributed by atoms with Crippen molar-refractivity contribution in [2.45, 2.75) is 110 Å². The van der Waals surface area contributed by atoms with Gasteiger partial charge in [-0.3, -0.25) is 9.36 Å². The van der Waals surface area contributed by atoms with Gasteiger partial charge in [-0.2, -0.15) is 4.90 Å². The van der Waals surface area contributed by atoms with E-state index in [-0.39, 0.29) is 29.6 Å². The van der Waals surface area contributed by atoms with Crippen LogP contribution in [0.15, 0.2) is 12.7 Å². The van der Waals surface area contributed by atoms with Gasteiger partial charge in [0.2, 0.25) is 0 Å². The maximum atomic E-state index is 13.3. The van der Waals surface area contributed by atoms with Gasteiger partial charge in [0, 0.05) is 0 Å². The minimum Gasteiger partial charge on any atom is -0.466 e. The number of imidazole rings is 1. The van der Waals surface area contributed by atoms with Crippen LogP contribution in [0.5, 0.6) is 0 Å². The van der Waals surface area contributed by atoms with Crippen LogP contribution < -0.4 is 4.90 Å². The molecule has 1 unspecified atom stereocenters. The van der Waals surface area contributed by atoms with Crippen LogP contribution >= 0.6 is 0 Å². The molecule has 0 N–H and O–H groups in total. The summed E-state index contributed by atoms with van der Waals surface area (Å²) in [5.41, 5.74) is -2.36. The summed E-state index contributed by atoms with van der Waals surface area (Å²) in [5.74, 6) is -1.91. The van der Waals surface area contributed by atoms with Crippen LogP contribution in [0.3, 0.4) is 0 Å². The molecule has 0 bridgehead atoms. The molecule has 4 heterocycles. The first-order valence-electron chi connectivity index (χ1n) is 13.6. The molecule has 5 rings (SSSR count). The number of esters is 1. The Morgan fingerprint density at radius 2 is 1.63 bits per heavy atom. The van der Waals surface area contributed by atoms with Gasteiger partial charge in [0.15, 0.2) is 29.0 Å². The molecule has 3 aliphatic rings. The van der Waals surface area contributed by atoms with E-state index in [4.69, 9.17) is 28.4 Å². The van der Waals surface area contributed by atoms with Crippen molar-refractivity contribution in [1.82, 2.24) is 19.5 Å². The summed E-state index contributed by atoms with van der Waals surface area (Å²) < 4.78 is 36.8. The lowest BCUT2D eigenvalue weighted by Crippen LogP contribution is -2.44. The van der Waals surface area contributed by atoms with Gasteiger partial charge in [-0.15, -0.1) is 0 Å². The minimum atomic E-state index is -0.984. The van der Waals surface area contributed by atoms with Gasteiger partial charge in [0.1, 0.15) is 35.3 Å². The van der Waals surface area contributed by atoms with Gasteiger partial charge < -0.3 is 28.4 Å². The van der Waals surface area contributed by atoms with E-state index in [1.54, 1.807) is 66.9 Å². The van der Waals surface area contributed by atoms with Crippen molar-refractivity contribution in [3.63, 3.8) is 0 Å². The number of amides is 2. The maximum absolute atomic E-state index is 13.3. The lowest BCUT2D eigenvalue weighted by molar-refractivity contribution is -0.205. The highest BCUT2D eigenvalue weighted by atomic mass is 16.8. The largest absolute Gasteiger partial charge is 0.466 e. The highest BCUT2D eigenvalue weighted by molar-refractivity contribution is 6.12. The number of rotatable bonds is 4. The first kappa shape index (κ1) is 29.1. The molecule has 2 aromatic rings. The molecule has 2 aliphatic heterocycles. The van der Waals surface area contributed by atoms with Crippen molar-refractivity contribution < 1.29 is 42.8 Å². The first-order chi connectivity index (χ1) is 19.0. The number of hydrogen-bond acceptors (Lipinski definition) is 12. The van der Waals surface area contributed by atoms with Crippen LogP contribution in [0, 0.1) is 5.92 Å². The van der Waals surface area contributed by atoms with Crippen LogP contribution in [-0.2, 0) is 33.2 Å². The monoisotopic (exact) mass is 575 g/mol. The molecule has 0 radical (unpaired) electrons. The van der Waals surface area contributed by atoms with E-state index >= 15 is 0 Å². The number of imide groups is 1. The Labute approximate surface area is 237 Å². The fraction of sp³-hybridized carbons (Fsp3) is 0.704. The van der Waals surface area contributed by atoms with E-state index in [9.17, 15) is 14.4 Å². The smallest absolute Gasteiger partial charge is 0.425 e. The minimum absolute atomic E-state index is 0.124. The Bertz CT molecular complexity index is 1350. The second-order valence-corrected chi connectivity index (χ2v) is 12.8. The van der Waals surface area contributed by atoms with E-state index in [0.29, 0.717) is 11.3 Å². The lowest BCUT2D eigenvalue weighted by atomic mass is 10.1. The zero-order valence-corrected chi connectivity index (χ0v) is 24.8. The molecule has 2 saturated heterocycles. The Morgan fingerprint density at radius 1 is 1.00 bits per heavy atom. The van der Waals surface area contributed by atoms with Gasteiger partial charge in [-0.25, -0.2) is 24.5 Å². The number of ether oxygens (including phenoxy) is 6. The van der Waals surface area contributed by atoms with Gasteiger partial charge in [0.05, 0.1) is 18.9 Å². The summed E-state index contributed by atoms with van der Waals surface area (Å²) in [6, 6.07) is 0.